The monoisotopic (exact) mass is 408 g/mol. The molecule has 3 heterocycles. The highest BCUT2D eigenvalue weighted by Crippen LogP contribution is 2.26. The number of likely N-dealkylation sites (N-methyl/N-ethyl adjacent to an activating group) is 1. The molecule has 1 aromatic heterocycles. The Morgan fingerprint density at radius 3 is 2.73 bits per heavy atom. The highest BCUT2D eigenvalue weighted by atomic mass is 16.3. The van der Waals surface area contributed by atoms with Gasteiger partial charge in [0.2, 0.25) is 0 Å². The van der Waals surface area contributed by atoms with E-state index in [9.17, 15) is 9.59 Å². The first kappa shape index (κ1) is 20.3. The summed E-state index contributed by atoms with van der Waals surface area (Å²) in [7, 11) is 2.01. The quantitative estimate of drug-likeness (QED) is 0.757. The molecular formula is C23H28N4O3. The molecule has 1 saturated heterocycles. The molecule has 1 unspecified atom stereocenters. The number of carbonyl (C=O) groups excluding carboxylic acids is 2. The Bertz CT molecular complexity index is 929. The molecule has 2 N–H and O–H groups in total. The van der Waals surface area contributed by atoms with Crippen molar-refractivity contribution in [3.8, 4) is 0 Å². The van der Waals surface area contributed by atoms with Crippen molar-refractivity contribution in [3.63, 3.8) is 0 Å². The van der Waals surface area contributed by atoms with Crippen LogP contribution in [0.4, 0.5) is 5.82 Å². The number of rotatable bonds is 6. The van der Waals surface area contributed by atoms with Crippen LogP contribution in [0.25, 0.3) is 0 Å². The van der Waals surface area contributed by atoms with Crippen molar-refractivity contribution >= 4 is 17.6 Å². The minimum absolute atomic E-state index is 0.0107. The van der Waals surface area contributed by atoms with Crippen molar-refractivity contribution in [1.82, 2.24) is 15.2 Å². The topological polar surface area (TPSA) is 85.8 Å². The van der Waals surface area contributed by atoms with Crippen LogP contribution in [0, 0.1) is 5.92 Å². The zero-order chi connectivity index (χ0) is 21.1. The number of anilines is 1. The Balaban J connectivity index is 1.34. The van der Waals surface area contributed by atoms with Crippen molar-refractivity contribution in [2.24, 2.45) is 5.92 Å². The molecule has 0 radical (unpaired) electrons. The second-order valence-electron chi connectivity index (χ2n) is 8.14. The van der Waals surface area contributed by atoms with Crippen molar-refractivity contribution in [1.29, 1.82) is 0 Å². The van der Waals surface area contributed by atoms with Gasteiger partial charge in [-0.3, -0.25) is 9.59 Å². The van der Waals surface area contributed by atoms with Crippen molar-refractivity contribution < 1.29 is 14.7 Å². The Hall–Kier alpha value is -2.93. The highest BCUT2D eigenvalue weighted by Gasteiger charge is 2.29. The van der Waals surface area contributed by atoms with Crippen LogP contribution in [0.15, 0.2) is 36.4 Å². The molecule has 2 amide bonds. The maximum atomic E-state index is 12.9. The zero-order valence-corrected chi connectivity index (χ0v) is 17.3. The number of hydrogen-bond donors (Lipinski definition) is 2. The number of aliphatic hydroxyl groups is 1. The summed E-state index contributed by atoms with van der Waals surface area (Å²) in [5.41, 5.74) is 3.48. The van der Waals surface area contributed by atoms with Crippen LogP contribution in [0.2, 0.25) is 0 Å². The summed E-state index contributed by atoms with van der Waals surface area (Å²) in [4.78, 5) is 33.5. The third-order valence-corrected chi connectivity index (χ3v) is 5.96. The van der Waals surface area contributed by atoms with Gasteiger partial charge >= 0.3 is 0 Å². The first-order chi connectivity index (χ1) is 14.5. The maximum absolute atomic E-state index is 12.9. The van der Waals surface area contributed by atoms with Crippen LogP contribution in [0.5, 0.6) is 0 Å². The summed E-state index contributed by atoms with van der Waals surface area (Å²) in [6.07, 6.45) is 2.83. The van der Waals surface area contributed by atoms with Gasteiger partial charge < -0.3 is 20.2 Å². The van der Waals surface area contributed by atoms with E-state index < -0.39 is 0 Å². The molecule has 7 nitrogen and oxygen atoms in total. The molecule has 0 saturated carbocycles. The lowest BCUT2D eigenvalue weighted by Crippen LogP contribution is -2.30. The minimum Gasteiger partial charge on any atom is -0.395 e. The van der Waals surface area contributed by atoms with E-state index in [1.165, 1.54) is 5.56 Å². The van der Waals surface area contributed by atoms with Gasteiger partial charge in [0.15, 0.2) is 0 Å². The van der Waals surface area contributed by atoms with E-state index >= 15 is 0 Å². The fraction of sp³-hybridized carbons (Fsp3) is 0.435. The normalized spacial score (nSPS) is 17.9. The lowest BCUT2D eigenvalue weighted by molar-refractivity contribution is 0.0781. The zero-order valence-electron chi connectivity index (χ0n) is 17.3. The molecular weight excluding hydrogens is 380 g/mol. The Morgan fingerprint density at radius 1 is 1.17 bits per heavy atom. The smallest absolute Gasteiger partial charge is 0.272 e. The number of amides is 2. The molecule has 2 aliphatic heterocycles. The van der Waals surface area contributed by atoms with Crippen LogP contribution in [0.3, 0.4) is 0 Å². The van der Waals surface area contributed by atoms with E-state index in [4.69, 9.17) is 5.11 Å². The number of fused-ring (bicyclic) bond motifs is 1. The largest absolute Gasteiger partial charge is 0.395 e. The molecule has 0 aliphatic carbocycles. The second-order valence-corrected chi connectivity index (χ2v) is 8.14. The van der Waals surface area contributed by atoms with Gasteiger partial charge in [-0.15, -0.1) is 0 Å². The lowest BCUT2D eigenvalue weighted by atomic mass is 9.98. The molecule has 2 aliphatic rings. The molecule has 2 aromatic rings. The van der Waals surface area contributed by atoms with Crippen LogP contribution >= 0.6 is 0 Å². The fourth-order valence-corrected chi connectivity index (χ4v) is 4.26. The molecule has 1 atom stereocenters. The third kappa shape index (κ3) is 4.31. The van der Waals surface area contributed by atoms with E-state index in [1.807, 2.05) is 48.3 Å². The highest BCUT2D eigenvalue weighted by molar-refractivity contribution is 5.94. The summed E-state index contributed by atoms with van der Waals surface area (Å²) in [5.74, 6) is 1.16. The Labute approximate surface area is 176 Å². The van der Waals surface area contributed by atoms with Gasteiger partial charge in [-0.2, -0.15) is 0 Å². The van der Waals surface area contributed by atoms with Gasteiger partial charge in [0.25, 0.3) is 11.8 Å². The minimum atomic E-state index is -0.180. The molecule has 4 rings (SSSR count). The standard InChI is InChI=1S/C23H28N4O3/c1-26-11-9-18-6-7-20(25-21(18)26)23(30)27-12-8-17(15-27)14-16-2-4-19(5-3-16)22(29)24-10-13-28/h2-7,17,28H,8-15H2,1H3,(H,24,29). The number of carbonyl (C=O) groups is 2. The average molecular weight is 409 g/mol. The number of aliphatic hydroxyl groups excluding tert-OH is 1. The molecule has 0 spiro atoms. The summed E-state index contributed by atoms with van der Waals surface area (Å²) in [6, 6.07) is 11.4. The maximum Gasteiger partial charge on any atom is 0.272 e. The second kappa shape index (κ2) is 8.83. The van der Waals surface area contributed by atoms with Gasteiger partial charge in [-0.05, 0) is 54.5 Å². The Kier molecular flexibility index (Phi) is 5.99. The van der Waals surface area contributed by atoms with Gasteiger partial charge in [-0.25, -0.2) is 4.98 Å². The van der Waals surface area contributed by atoms with Gasteiger partial charge in [-0.1, -0.05) is 18.2 Å². The van der Waals surface area contributed by atoms with Gasteiger partial charge in [0, 0.05) is 38.8 Å². The number of aromatic nitrogens is 1. The van der Waals surface area contributed by atoms with E-state index in [2.05, 4.69) is 15.2 Å². The van der Waals surface area contributed by atoms with Crippen molar-refractivity contribution in [2.75, 3.05) is 44.7 Å². The van der Waals surface area contributed by atoms with Crippen molar-refractivity contribution in [3.05, 3.63) is 58.8 Å². The molecule has 1 aromatic carbocycles. The molecule has 1 fully saturated rings. The first-order valence-corrected chi connectivity index (χ1v) is 10.5. The van der Waals surface area contributed by atoms with Gasteiger partial charge in [0.05, 0.1) is 6.61 Å². The van der Waals surface area contributed by atoms with Crippen LogP contribution < -0.4 is 10.2 Å². The summed E-state index contributed by atoms with van der Waals surface area (Å²) >= 11 is 0. The van der Waals surface area contributed by atoms with E-state index in [1.54, 1.807) is 0 Å². The summed E-state index contributed by atoms with van der Waals surface area (Å²) in [6.45, 7) is 2.61. The van der Waals surface area contributed by atoms with E-state index in [0.29, 0.717) is 17.2 Å². The average Bonchev–Trinajstić information content (AvgIpc) is 3.38. The Morgan fingerprint density at radius 2 is 1.97 bits per heavy atom. The summed E-state index contributed by atoms with van der Waals surface area (Å²) in [5, 5.41) is 11.5. The van der Waals surface area contributed by atoms with Crippen molar-refractivity contribution in [2.45, 2.75) is 19.3 Å². The fourth-order valence-electron chi connectivity index (χ4n) is 4.26. The first-order valence-electron chi connectivity index (χ1n) is 10.5. The molecule has 7 heteroatoms. The number of pyridine rings is 1. The van der Waals surface area contributed by atoms with Crippen LogP contribution in [-0.2, 0) is 12.8 Å². The number of benzene rings is 1. The van der Waals surface area contributed by atoms with Crippen LogP contribution in [0.1, 0.15) is 38.4 Å². The van der Waals surface area contributed by atoms with Crippen LogP contribution in [-0.4, -0.2) is 66.6 Å². The predicted octanol–water partition coefficient (Wildman–Crippen LogP) is 1.50. The third-order valence-electron chi connectivity index (χ3n) is 5.96. The van der Waals surface area contributed by atoms with E-state index in [-0.39, 0.29) is 25.0 Å². The number of likely N-dealkylation sites (tertiary alicyclic amines) is 1. The number of nitrogens with one attached hydrogen (secondary N) is 1. The number of hydrogen-bond acceptors (Lipinski definition) is 5. The number of nitrogens with zero attached hydrogens (tertiary/aromatic N) is 3. The van der Waals surface area contributed by atoms with E-state index in [0.717, 1.165) is 50.3 Å². The molecule has 158 valence electrons. The molecule has 0 bridgehead atoms. The SMILES string of the molecule is CN1CCc2ccc(C(=O)N3CCC(Cc4ccc(C(=O)NCCO)cc4)C3)nc21. The lowest BCUT2D eigenvalue weighted by Gasteiger charge is -2.18. The van der Waals surface area contributed by atoms with Gasteiger partial charge in [0.1, 0.15) is 11.5 Å². The molecule has 30 heavy (non-hydrogen) atoms. The predicted molar refractivity (Wildman–Crippen MR) is 115 cm³/mol. The summed E-state index contributed by atoms with van der Waals surface area (Å²) < 4.78 is 0.